The standard InChI is InChI=1S/C13H12N4O/c1-18-12-4-2-10(3-5-12)9-15-13-11(8-14)6-7-16-17-13/h2-7H,9H2,1H3,(H,15,17). The fraction of sp³-hybridized carbons (Fsp3) is 0.154. The van der Waals surface area contributed by atoms with Gasteiger partial charge in [-0.25, -0.2) is 0 Å². The van der Waals surface area contributed by atoms with E-state index in [4.69, 9.17) is 10.00 Å². The quantitative estimate of drug-likeness (QED) is 0.884. The molecule has 0 bridgehead atoms. The molecule has 2 rings (SSSR count). The van der Waals surface area contributed by atoms with Crippen LogP contribution in [0.3, 0.4) is 0 Å². The van der Waals surface area contributed by atoms with Crippen molar-refractivity contribution in [1.82, 2.24) is 10.2 Å². The largest absolute Gasteiger partial charge is 0.497 e. The summed E-state index contributed by atoms with van der Waals surface area (Å²) in [6, 6.07) is 11.4. The zero-order valence-electron chi connectivity index (χ0n) is 9.92. The number of hydrogen-bond donors (Lipinski definition) is 1. The SMILES string of the molecule is COc1ccc(CNc2nnccc2C#N)cc1. The minimum Gasteiger partial charge on any atom is -0.497 e. The zero-order valence-corrected chi connectivity index (χ0v) is 9.92. The normalized spacial score (nSPS) is 9.56. The average molecular weight is 240 g/mol. The maximum absolute atomic E-state index is 8.91. The van der Waals surface area contributed by atoms with Crippen molar-refractivity contribution in [3.8, 4) is 11.8 Å². The lowest BCUT2D eigenvalue weighted by Crippen LogP contribution is -2.04. The van der Waals surface area contributed by atoms with Gasteiger partial charge in [0.1, 0.15) is 11.8 Å². The van der Waals surface area contributed by atoms with E-state index in [-0.39, 0.29) is 0 Å². The lowest BCUT2D eigenvalue weighted by Gasteiger charge is -2.06. The predicted molar refractivity (Wildman–Crippen MR) is 67.1 cm³/mol. The second-order valence-electron chi connectivity index (χ2n) is 3.61. The van der Waals surface area contributed by atoms with Gasteiger partial charge in [-0.05, 0) is 23.8 Å². The highest BCUT2D eigenvalue weighted by Crippen LogP contribution is 2.14. The Hall–Kier alpha value is -2.61. The molecule has 0 aliphatic heterocycles. The fourth-order valence-corrected chi connectivity index (χ4v) is 1.48. The number of ether oxygens (including phenoxy) is 1. The van der Waals surface area contributed by atoms with Gasteiger partial charge in [0.2, 0.25) is 0 Å². The Balaban J connectivity index is 2.05. The molecular weight excluding hydrogens is 228 g/mol. The number of benzene rings is 1. The molecule has 2 aromatic rings. The zero-order chi connectivity index (χ0) is 12.8. The molecule has 18 heavy (non-hydrogen) atoms. The summed E-state index contributed by atoms with van der Waals surface area (Å²) in [5, 5.41) is 19.6. The van der Waals surface area contributed by atoms with Crippen molar-refractivity contribution in [3.63, 3.8) is 0 Å². The van der Waals surface area contributed by atoms with Gasteiger partial charge in [-0.15, -0.1) is 5.10 Å². The molecule has 1 aromatic heterocycles. The molecule has 1 heterocycles. The first-order valence-corrected chi connectivity index (χ1v) is 5.42. The first kappa shape index (κ1) is 11.9. The molecule has 5 heteroatoms. The number of aromatic nitrogens is 2. The van der Waals surface area contributed by atoms with Gasteiger partial charge in [0.25, 0.3) is 0 Å². The van der Waals surface area contributed by atoms with Crippen LogP contribution in [0, 0.1) is 11.3 Å². The Kier molecular flexibility index (Phi) is 3.72. The molecule has 0 aliphatic carbocycles. The summed E-state index contributed by atoms with van der Waals surface area (Å²) in [5.74, 6) is 1.31. The number of nitrogens with zero attached hydrogens (tertiary/aromatic N) is 3. The summed E-state index contributed by atoms with van der Waals surface area (Å²) in [6.07, 6.45) is 1.50. The van der Waals surface area contributed by atoms with Crippen molar-refractivity contribution >= 4 is 5.82 Å². The van der Waals surface area contributed by atoms with E-state index < -0.39 is 0 Å². The van der Waals surface area contributed by atoms with Gasteiger partial charge in [-0.3, -0.25) is 0 Å². The van der Waals surface area contributed by atoms with Gasteiger partial charge < -0.3 is 10.1 Å². The van der Waals surface area contributed by atoms with Crippen LogP contribution in [0.15, 0.2) is 36.5 Å². The number of nitrogens with one attached hydrogen (secondary N) is 1. The van der Waals surface area contributed by atoms with Crippen LogP contribution in [0.25, 0.3) is 0 Å². The van der Waals surface area contributed by atoms with Crippen LogP contribution in [-0.2, 0) is 6.54 Å². The van der Waals surface area contributed by atoms with E-state index in [1.54, 1.807) is 13.2 Å². The van der Waals surface area contributed by atoms with Gasteiger partial charge >= 0.3 is 0 Å². The second kappa shape index (κ2) is 5.64. The maximum atomic E-state index is 8.91. The second-order valence-corrected chi connectivity index (χ2v) is 3.61. The maximum Gasteiger partial charge on any atom is 0.166 e. The molecule has 0 aliphatic rings. The van der Waals surface area contributed by atoms with Crippen molar-refractivity contribution in [3.05, 3.63) is 47.7 Å². The molecule has 0 amide bonds. The Morgan fingerprint density at radius 3 is 2.72 bits per heavy atom. The van der Waals surface area contributed by atoms with Gasteiger partial charge in [-0.2, -0.15) is 10.4 Å². The minimum absolute atomic E-state index is 0.485. The van der Waals surface area contributed by atoms with Crippen LogP contribution in [0.1, 0.15) is 11.1 Å². The van der Waals surface area contributed by atoms with Crippen LogP contribution in [-0.4, -0.2) is 17.3 Å². The Bertz CT molecular complexity index is 560. The van der Waals surface area contributed by atoms with Crippen LogP contribution in [0.5, 0.6) is 5.75 Å². The van der Waals surface area contributed by atoms with E-state index >= 15 is 0 Å². The van der Waals surface area contributed by atoms with Crippen LogP contribution in [0.4, 0.5) is 5.82 Å². The van der Waals surface area contributed by atoms with E-state index in [9.17, 15) is 0 Å². The summed E-state index contributed by atoms with van der Waals surface area (Å²) in [4.78, 5) is 0. The lowest BCUT2D eigenvalue weighted by molar-refractivity contribution is 0.414. The van der Waals surface area contributed by atoms with Crippen molar-refractivity contribution in [1.29, 1.82) is 5.26 Å². The molecule has 0 spiro atoms. The Morgan fingerprint density at radius 1 is 1.28 bits per heavy atom. The van der Waals surface area contributed by atoms with Crippen LogP contribution >= 0.6 is 0 Å². The number of anilines is 1. The molecule has 5 nitrogen and oxygen atoms in total. The molecule has 90 valence electrons. The summed E-state index contributed by atoms with van der Waals surface area (Å²) >= 11 is 0. The lowest BCUT2D eigenvalue weighted by atomic mass is 10.2. The van der Waals surface area contributed by atoms with Gasteiger partial charge in [0.05, 0.1) is 18.9 Å². The minimum atomic E-state index is 0.485. The van der Waals surface area contributed by atoms with E-state index in [1.807, 2.05) is 24.3 Å². The predicted octanol–water partition coefficient (Wildman–Crippen LogP) is 1.97. The molecule has 0 radical (unpaired) electrons. The summed E-state index contributed by atoms with van der Waals surface area (Å²) in [7, 11) is 1.63. The van der Waals surface area contributed by atoms with Crippen LogP contribution < -0.4 is 10.1 Å². The highest BCUT2D eigenvalue weighted by Gasteiger charge is 2.02. The monoisotopic (exact) mass is 240 g/mol. The number of nitriles is 1. The Morgan fingerprint density at radius 2 is 2.06 bits per heavy atom. The smallest absolute Gasteiger partial charge is 0.166 e. The number of rotatable bonds is 4. The molecule has 0 fully saturated rings. The summed E-state index contributed by atoms with van der Waals surface area (Å²) < 4.78 is 5.08. The van der Waals surface area contributed by atoms with Gasteiger partial charge in [-0.1, -0.05) is 12.1 Å². The fourth-order valence-electron chi connectivity index (χ4n) is 1.48. The number of hydrogen-bond acceptors (Lipinski definition) is 5. The number of methoxy groups -OCH3 is 1. The third kappa shape index (κ3) is 2.74. The van der Waals surface area contributed by atoms with Crippen molar-refractivity contribution in [2.45, 2.75) is 6.54 Å². The summed E-state index contributed by atoms with van der Waals surface area (Å²) in [6.45, 7) is 0.581. The molecule has 0 unspecified atom stereocenters. The topological polar surface area (TPSA) is 70.8 Å². The van der Waals surface area contributed by atoms with E-state index in [2.05, 4.69) is 21.6 Å². The van der Waals surface area contributed by atoms with E-state index in [1.165, 1.54) is 6.20 Å². The van der Waals surface area contributed by atoms with Crippen molar-refractivity contribution in [2.75, 3.05) is 12.4 Å². The highest BCUT2D eigenvalue weighted by molar-refractivity contribution is 5.50. The van der Waals surface area contributed by atoms with Crippen molar-refractivity contribution < 1.29 is 4.74 Å². The highest BCUT2D eigenvalue weighted by atomic mass is 16.5. The molecule has 0 saturated carbocycles. The van der Waals surface area contributed by atoms with E-state index in [0.717, 1.165) is 11.3 Å². The summed E-state index contributed by atoms with van der Waals surface area (Å²) in [5.41, 5.74) is 1.56. The van der Waals surface area contributed by atoms with E-state index in [0.29, 0.717) is 17.9 Å². The average Bonchev–Trinajstić information content (AvgIpc) is 2.46. The van der Waals surface area contributed by atoms with Gasteiger partial charge in [0.15, 0.2) is 5.82 Å². The van der Waals surface area contributed by atoms with Gasteiger partial charge in [0, 0.05) is 6.54 Å². The molecule has 1 N–H and O–H groups in total. The van der Waals surface area contributed by atoms with Crippen molar-refractivity contribution in [2.24, 2.45) is 0 Å². The molecular formula is C13H12N4O. The van der Waals surface area contributed by atoms with Crippen LogP contribution in [0.2, 0.25) is 0 Å². The third-order valence-corrected chi connectivity index (χ3v) is 2.46. The first-order chi connectivity index (χ1) is 8.83. The Labute approximate surface area is 105 Å². The molecule has 0 saturated heterocycles. The third-order valence-electron chi connectivity index (χ3n) is 2.46. The molecule has 1 aromatic carbocycles. The molecule has 0 atom stereocenters. The first-order valence-electron chi connectivity index (χ1n) is 5.42.